The molecule has 0 aliphatic heterocycles. The smallest absolute Gasteiger partial charge is 0.233 e. The molecule has 0 atom stereocenters. The number of benzene rings is 1. The van der Waals surface area contributed by atoms with E-state index in [-0.39, 0.29) is 18.2 Å². The van der Waals surface area contributed by atoms with E-state index in [9.17, 15) is 9.59 Å². The van der Waals surface area contributed by atoms with E-state index in [2.05, 4.69) is 31.5 Å². The number of halogens is 1. The van der Waals surface area contributed by atoms with E-state index in [1.807, 2.05) is 24.3 Å². The average Bonchev–Trinajstić information content (AvgIpc) is 2.46. The number of carbonyl (C=O) groups is 2. The fourth-order valence-electron chi connectivity index (χ4n) is 1.68. The van der Waals surface area contributed by atoms with Crippen LogP contribution < -0.4 is 10.6 Å². The molecule has 0 aliphatic carbocycles. The molecule has 0 fully saturated rings. The number of amides is 2. The molecule has 2 amide bonds. The molecule has 1 aromatic heterocycles. The minimum absolute atomic E-state index is 0.211. The Bertz CT molecular complexity index is 632. The number of hydrogen-bond donors (Lipinski definition) is 2. The van der Waals surface area contributed by atoms with Gasteiger partial charge in [-0.25, -0.2) is 0 Å². The summed E-state index contributed by atoms with van der Waals surface area (Å²) in [6, 6.07) is 10.8. The zero-order chi connectivity index (χ0) is 15.1. The van der Waals surface area contributed by atoms with Gasteiger partial charge in [-0.05, 0) is 35.9 Å². The molecule has 1 aromatic carbocycles. The topological polar surface area (TPSA) is 71.1 Å². The van der Waals surface area contributed by atoms with E-state index in [0.717, 1.165) is 10.0 Å². The first-order valence-corrected chi connectivity index (χ1v) is 7.14. The highest BCUT2D eigenvalue weighted by molar-refractivity contribution is 9.10. The molecule has 0 spiro atoms. The van der Waals surface area contributed by atoms with Crippen molar-refractivity contribution in [1.82, 2.24) is 10.3 Å². The van der Waals surface area contributed by atoms with E-state index >= 15 is 0 Å². The number of rotatable bonds is 5. The zero-order valence-corrected chi connectivity index (χ0v) is 12.8. The highest BCUT2D eigenvalue weighted by Gasteiger charge is 2.09. The minimum atomic E-state index is -0.347. The van der Waals surface area contributed by atoms with Crippen LogP contribution in [0.25, 0.3) is 0 Å². The van der Waals surface area contributed by atoms with Crippen LogP contribution in [-0.4, -0.2) is 16.8 Å². The summed E-state index contributed by atoms with van der Waals surface area (Å²) >= 11 is 3.32. The van der Waals surface area contributed by atoms with Crippen LogP contribution in [0.5, 0.6) is 0 Å². The third kappa shape index (κ3) is 5.35. The van der Waals surface area contributed by atoms with Crippen LogP contribution in [0.2, 0.25) is 0 Å². The maximum absolute atomic E-state index is 11.7. The van der Waals surface area contributed by atoms with Gasteiger partial charge in [-0.15, -0.1) is 0 Å². The second kappa shape index (κ2) is 7.54. The highest BCUT2D eigenvalue weighted by Crippen LogP contribution is 2.15. The molecule has 6 heteroatoms. The maximum Gasteiger partial charge on any atom is 0.233 e. The molecule has 2 N–H and O–H groups in total. The van der Waals surface area contributed by atoms with Gasteiger partial charge < -0.3 is 10.6 Å². The molecule has 2 rings (SSSR count). The van der Waals surface area contributed by atoms with Crippen molar-refractivity contribution in [2.75, 3.05) is 5.32 Å². The second-order valence-electron chi connectivity index (χ2n) is 4.37. The Balaban J connectivity index is 1.78. The predicted octanol–water partition coefficient (Wildman–Crippen LogP) is 2.49. The third-order valence-electron chi connectivity index (χ3n) is 2.67. The third-order valence-corrected chi connectivity index (χ3v) is 3.16. The fourth-order valence-corrected chi connectivity index (χ4v) is 2.08. The summed E-state index contributed by atoms with van der Waals surface area (Å²) in [6.07, 6.45) is 3.10. The van der Waals surface area contributed by atoms with Gasteiger partial charge in [-0.3, -0.25) is 14.6 Å². The summed E-state index contributed by atoms with van der Waals surface area (Å²) in [5.41, 5.74) is 1.59. The van der Waals surface area contributed by atoms with Crippen molar-refractivity contribution in [2.24, 2.45) is 0 Å². The van der Waals surface area contributed by atoms with Gasteiger partial charge in [0.1, 0.15) is 6.42 Å². The van der Waals surface area contributed by atoms with Gasteiger partial charge in [0.15, 0.2) is 0 Å². The lowest BCUT2D eigenvalue weighted by Gasteiger charge is -2.07. The summed E-state index contributed by atoms with van der Waals surface area (Å²) in [7, 11) is 0. The normalized spacial score (nSPS) is 9.95. The van der Waals surface area contributed by atoms with Crippen LogP contribution in [-0.2, 0) is 16.1 Å². The molecular formula is C15H14BrN3O2. The first-order chi connectivity index (χ1) is 10.1. The van der Waals surface area contributed by atoms with Crippen LogP contribution in [0.3, 0.4) is 0 Å². The van der Waals surface area contributed by atoms with Crippen molar-refractivity contribution < 1.29 is 9.59 Å². The summed E-state index contributed by atoms with van der Waals surface area (Å²) < 4.78 is 0.863. The molecule has 5 nitrogen and oxygen atoms in total. The van der Waals surface area contributed by atoms with Crippen molar-refractivity contribution in [3.05, 3.63) is 58.8 Å². The maximum atomic E-state index is 11.7. The van der Waals surface area contributed by atoms with E-state index < -0.39 is 0 Å². The fraction of sp³-hybridized carbons (Fsp3) is 0.133. The first kappa shape index (κ1) is 15.2. The Morgan fingerprint density at radius 3 is 2.57 bits per heavy atom. The van der Waals surface area contributed by atoms with Crippen molar-refractivity contribution in [3.8, 4) is 0 Å². The molecule has 0 saturated heterocycles. The van der Waals surface area contributed by atoms with Crippen molar-refractivity contribution in [3.63, 3.8) is 0 Å². The molecule has 108 valence electrons. The predicted molar refractivity (Wildman–Crippen MR) is 83.5 cm³/mol. The van der Waals surface area contributed by atoms with Crippen molar-refractivity contribution in [1.29, 1.82) is 0 Å². The first-order valence-electron chi connectivity index (χ1n) is 6.34. The van der Waals surface area contributed by atoms with Gasteiger partial charge >= 0.3 is 0 Å². The quantitative estimate of drug-likeness (QED) is 0.816. The SMILES string of the molecule is O=C(CC(=O)Nc1cccc(Br)c1)NCc1ccncc1. The summed E-state index contributed by atoms with van der Waals surface area (Å²) in [4.78, 5) is 27.3. The Hall–Kier alpha value is -2.21. The molecule has 0 aliphatic rings. The van der Waals surface area contributed by atoms with Crippen LogP contribution in [0.4, 0.5) is 5.69 Å². The number of aromatic nitrogens is 1. The van der Waals surface area contributed by atoms with Gasteiger partial charge in [0.05, 0.1) is 0 Å². The number of carbonyl (C=O) groups excluding carboxylic acids is 2. The molecule has 0 saturated carbocycles. The van der Waals surface area contributed by atoms with Crippen LogP contribution in [0.15, 0.2) is 53.3 Å². The summed E-state index contributed by atoms with van der Waals surface area (Å²) in [5.74, 6) is -0.667. The Morgan fingerprint density at radius 1 is 1.10 bits per heavy atom. The minimum Gasteiger partial charge on any atom is -0.352 e. The molecule has 2 aromatic rings. The molecular weight excluding hydrogens is 334 g/mol. The standard InChI is InChI=1S/C15H14BrN3O2/c16-12-2-1-3-13(8-12)19-15(21)9-14(20)18-10-11-4-6-17-7-5-11/h1-8H,9-10H2,(H,18,20)(H,19,21). The van der Waals surface area contributed by atoms with E-state index in [1.54, 1.807) is 24.5 Å². The van der Waals surface area contributed by atoms with Crippen LogP contribution >= 0.6 is 15.9 Å². The Kier molecular flexibility index (Phi) is 5.45. The largest absolute Gasteiger partial charge is 0.352 e. The number of pyridine rings is 1. The lowest BCUT2D eigenvalue weighted by molar-refractivity contribution is -0.126. The monoisotopic (exact) mass is 347 g/mol. The van der Waals surface area contributed by atoms with Gasteiger partial charge in [0, 0.05) is 29.1 Å². The molecule has 0 unspecified atom stereocenters. The van der Waals surface area contributed by atoms with Gasteiger partial charge in [0.25, 0.3) is 0 Å². The second-order valence-corrected chi connectivity index (χ2v) is 5.28. The molecule has 21 heavy (non-hydrogen) atoms. The van der Waals surface area contributed by atoms with Crippen LogP contribution in [0, 0.1) is 0 Å². The number of hydrogen-bond acceptors (Lipinski definition) is 3. The van der Waals surface area contributed by atoms with Crippen LogP contribution in [0.1, 0.15) is 12.0 Å². The van der Waals surface area contributed by atoms with Gasteiger partial charge in [-0.2, -0.15) is 0 Å². The van der Waals surface area contributed by atoms with E-state index in [1.165, 1.54) is 0 Å². The van der Waals surface area contributed by atoms with Crippen molar-refractivity contribution in [2.45, 2.75) is 13.0 Å². The summed E-state index contributed by atoms with van der Waals surface area (Å²) in [5, 5.41) is 5.36. The van der Waals surface area contributed by atoms with Gasteiger partial charge in [0.2, 0.25) is 11.8 Å². The number of anilines is 1. The average molecular weight is 348 g/mol. The zero-order valence-electron chi connectivity index (χ0n) is 11.2. The molecule has 1 heterocycles. The van der Waals surface area contributed by atoms with Gasteiger partial charge in [-0.1, -0.05) is 22.0 Å². The molecule has 0 radical (unpaired) electrons. The lowest BCUT2D eigenvalue weighted by Crippen LogP contribution is -2.27. The van der Waals surface area contributed by atoms with E-state index in [0.29, 0.717) is 12.2 Å². The Labute approximate surface area is 130 Å². The lowest BCUT2D eigenvalue weighted by atomic mass is 10.2. The van der Waals surface area contributed by atoms with E-state index in [4.69, 9.17) is 0 Å². The highest BCUT2D eigenvalue weighted by atomic mass is 79.9. The molecule has 0 bridgehead atoms. The number of nitrogens with one attached hydrogen (secondary N) is 2. The number of nitrogens with zero attached hydrogens (tertiary/aromatic N) is 1. The Morgan fingerprint density at radius 2 is 1.86 bits per heavy atom. The van der Waals surface area contributed by atoms with Crippen molar-refractivity contribution >= 4 is 33.4 Å². The summed E-state index contributed by atoms with van der Waals surface area (Å²) in [6.45, 7) is 0.380.